The Morgan fingerprint density at radius 1 is 1.24 bits per heavy atom. The third-order valence-corrected chi connectivity index (χ3v) is 3.40. The van der Waals surface area contributed by atoms with Gasteiger partial charge in [0.1, 0.15) is 12.2 Å². The predicted molar refractivity (Wildman–Crippen MR) is 64.7 cm³/mol. The van der Waals surface area contributed by atoms with Crippen molar-refractivity contribution in [2.75, 3.05) is 0 Å². The minimum Gasteiger partial charge on any atom is -0.431 e. The summed E-state index contributed by atoms with van der Waals surface area (Å²) in [6.07, 6.45) is 1.75. The van der Waals surface area contributed by atoms with E-state index in [-0.39, 0.29) is 23.7 Å². The maximum atomic E-state index is 11.5. The van der Waals surface area contributed by atoms with Gasteiger partial charge in [0.25, 0.3) is 0 Å². The van der Waals surface area contributed by atoms with Crippen molar-refractivity contribution in [2.45, 2.75) is 71.7 Å². The van der Waals surface area contributed by atoms with Crippen LogP contribution in [0.15, 0.2) is 0 Å². The summed E-state index contributed by atoms with van der Waals surface area (Å²) in [5.74, 6) is 0. The Bertz CT molecular complexity index is 249. The molecule has 0 aromatic heterocycles. The first-order valence-electron chi connectivity index (χ1n) is 6.34. The van der Waals surface area contributed by atoms with E-state index in [1.165, 1.54) is 0 Å². The lowest BCUT2D eigenvalue weighted by Crippen LogP contribution is -2.32. The first kappa shape index (κ1) is 14.3. The van der Waals surface area contributed by atoms with Gasteiger partial charge in [0.15, 0.2) is 0 Å². The summed E-state index contributed by atoms with van der Waals surface area (Å²) < 4.78 is 10.5. The molecule has 1 rings (SSSR count). The Morgan fingerprint density at radius 2 is 1.76 bits per heavy atom. The molecule has 4 heteroatoms. The molecule has 4 nitrogen and oxygen atoms in total. The van der Waals surface area contributed by atoms with Gasteiger partial charge >= 0.3 is 6.16 Å². The second kappa shape index (κ2) is 5.71. The van der Waals surface area contributed by atoms with Crippen LogP contribution in [0.1, 0.15) is 53.4 Å². The van der Waals surface area contributed by atoms with Crippen molar-refractivity contribution >= 4 is 6.16 Å². The minimum absolute atomic E-state index is 0.0816. The Kier molecular flexibility index (Phi) is 4.80. The number of aliphatic hydroxyl groups excluding tert-OH is 1. The molecule has 0 aliphatic heterocycles. The van der Waals surface area contributed by atoms with Crippen molar-refractivity contribution in [3.05, 3.63) is 0 Å². The average molecular weight is 244 g/mol. The van der Waals surface area contributed by atoms with Crippen LogP contribution in [0, 0.1) is 5.41 Å². The fourth-order valence-electron chi connectivity index (χ4n) is 1.65. The highest BCUT2D eigenvalue weighted by atomic mass is 16.7. The van der Waals surface area contributed by atoms with Gasteiger partial charge < -0.3 is 14.6 Å². The summed E-state index contributed by atoms with van der Waals surface area (Å²) in [6, 6.07) is 0. The third kappa shape index (κ3) is 4.94. The van der Waals surface area contributed by atoms with Crippen LogP contribution in [-0.2, 0) is 9.47 Å². The van der Waals surface area contributed by atoms with Crippen LogP contribution in [0.4, 0.5) is 4.79 Å². The smallest absolute Gasteiger partial charge is 0.431 e. The second-order valence-electron chi connectivity index (χ2n) is 5.92. The van der Waals surface area contributed by atoms with Crippen molar-refractivity contribution < 1.29 is 19.4 Å². The van der Waals surface area contributed by atoms with Crippen molar-refractivity contribution in [3.63, 3.8) is 0 Å². The van der Waals surface area contributed by atoms with E-state index in [4.69, 9.17) is 9.47 Å². The van der Waals surface area contributed by atoms with Crippen molar-refractivity contribution in [2.24, 2.45) is 5.41 Å². The molecule has 0 unspecified atom stereocenters. The normalized spacial score (nSPS) is 27.4. The van der Waals surface area contributed by atoms with Gasteiger partial charge in [-0.25, -0.2) is 4.79 Å². The van der Waals surface area contributed by atoms with Crippen LogP contribution in [0.5, 0.6) is 0 Å². The standard InChI is InChI=1S/C13H24O4/c1-9(13(2,3)4)16-12(15)17-11-7-5-10(14)6-8-11/h9-11,14H,5-8H2,1-4H3/t9-,10?,11?/m1/s1. The van der Waals surface area contributed by atoms with Gasteiger partial charge in [-0.2, -0.15) is 0 Å². The molecule has 0 aromatic carbocycles. The number of ether oxygens (including phenoxy) is 2. The molecule has 0 aromatic rings. The number of hydrogen-bond donors (Lipinski definition) is 1. The van der Waals surface area contributed by atoms with E-state index < -0.39 is 6.16 Å². The first-order chi connectivity index (χ1) is 7.79. The molecule has 1 saturated carbocycles. The van der Waals surface area contributed by atoms with Gasteiger partial charge in [-0.05, 0) is 38.0 Å². The summed E-state index contributed by atoms with van der Waals surface area (Å²) in [5, 5.41) is 9.34. The Balaban J connectivity index is 2.30. The zero-order chi connectivity index (χ0) is 13.1. The monoisotopic (exact) mass is 244 g/mol. The van der Waals surface area contributed by atoms with E-state index in [1.54, 1.807) is 0 Å². The lowest BCUT2D eigenvalue weighted by molar-refractivity contribution is -0.0413. The van der Waals surface area contributed by atoms with Crippen LogP contribution in [-0.4, -0.2) is 29.6 Å². The number of rotatable bonds is 2. The Hall–Kier alpha value is -0.770. The maximum Gasteiger partial charge on any atom is 0.508 e. The number of carbonyl (C=O) groups excluding carboxylic acids is 1. The molecule has 0 spiro atoms. The Morgan fingerprint density at radius 3 is 2.24 bits per heavy atom. The van der Waals surface area contributed by atoms with Gasteiger partial charge in [0.2, 0.25) is 0 Å². The SMILES string of the molecule is C[C@@H](OC(=O)OC1CCC(O)CC1)C(C)(C)C. The topological polar surface area (TPSA) is 55.8 Å². The van der Waals surface area contributed by atoms with Crippen LogP contribution >= 0.6 is 0 Å². The molecule has 1 N–H and O–H groups in total. The van der Waals surface area contributed by atoms with Gasteiger partial charge in [-0.3, -0.25) is 0 Å². The molecule has 1 atom stereocenters. The molecular weight excluding hydrogens is 220 g/mol. The van der Waals surface area contributed by atoms with E-state index >= 15 is 0 Å². The summed E-state index contributed by atoms with van der Waals surface area (Å²) >= 11 is 0. The van der Waals surface area contributed by atoms with Crippen LogP contribution in [0.2, 0.25) is 0 Å². The lowest BCUT2D eigenvalue weighted by Gasteiger charge is -2.29. The Labute approximate surface area is 103 Å². The van der Waals surface area contributed by atoms with Crippen LogP contribution in [0.3, 0.4) is 0 Å². The zero-order valence-electron chi connectivity index (χ0n) is 11.2. The fourth-order valence-corrected chi connectivity index (χ4v) is 1.65. The minimum atomic E-state index is -0.589. The van der Waals surface area contributed by atoms with Gasteiger partial charge in [0, 0.05) is 0 Å². The molecule has 0 amide bonds. The molecule has 0 saturated heterocycles. The molecule has 17 heavy (non-hydrogen) atoms. The van der Waals surface area contributed by atoms with Crippen LogP contribution in [0.25, 0.3) is 0 Å². The van der Waals surface area contributed by atoms with Crippen molar-refractivity contribution in [1.29, 1.82) is 0 Å². The molecular formula is C13H24O4. The van der Waals surface area contributed by atoms with Gasteiger partial charge in [-0.15, -0.1) is 0 Å². The highest BCUT2D eigenvalue weighted by Crippen LogP contribution is 2.24. The number of aliphatic hydroxyl groups is 1. The van der Waals surface area contributed by atoms with Crippen molar-refractivity contribution in [1.82, 2.24) is 0 Å². The highest BCUT2D eigenvalue weighted by Gasteiger charge is 2.27. The van der Waals surface area contributed by atoms with E-state index in [9.17, 15) is 9.90 Å². The van der Waals surface area contributed by atoms with E-state index in [0.29, 0.717) is 12.8 Å². The predicted octanol–water partition coefficient (Wildman–Crippen LogP) is 2.88. The zero-order valence-corrected chi connectivity index (χ0v) is 11.2. The largest absolute Gasteiger partial charge is 0.508 e. The third-order valence-electron chi connectivity index (χ3n) is 3.40. The fraction of sp³-hybridized carbons (Fsp3) is 0.923. The molecule has 0 bridgehead atoms. The summed E-state index contributed by atoms with van der Waals surface area (Å²) in [4.78, 5) is 11.5. The van der Waals surface area contributed by atoms with Crippen LogP contribution < -0.4 is 0 Å². The number of carbonyl (C=O) groups is 1. The molecule has 1 aliphatic rings. The van der Waals surface area contributed by atoms with Gasteiger partial charge in [0.05, 0.1) is 6.10 Å². The molecule has 1 aliphatic carbocycles. The summed E-state index contributed by atoms with van der Waals surface area (Å²) in [5.41, 5.74) is -0.0816. The second-order valence-corrected chi connectivity index (χ2v) is 5.92. The van der Waals surface area contributed by atoms with E-state index in [1.807, 2.05) is 27.7 Å². The van der Waals surface area contributed by atoms with E-state index in [0.717, 1.165) is 12.8 Å². The van der Waals surface area contributed by atoms with Gasteiger partial charge in [-0.1, -0.05) is 20.8 Å². The quantitative estimate of drug-likeness (QED) is 0.759. The molecule has 1 fully saturated rings. The summed E-state index contributed by atoms with van der Waals surface area (Å²) in [7, 11) is 0. The van der Waals surface area contributed by atoms with Crippen molar-refractivity contribution in [3.8, 4) is 0 Å². The molecule has 0 radical (unpaired) electrons. The first-order valence-corrected chi connectivity index (χ1v) is 6.34. The summed E-state index contributed by atoms with van der Waals surface area (Å²) in [6.45, 7) is 7.91. The van der Waals surface area contributed by atoms with E-state index in [2.05, 4.69) is 0 Å². The lowest BCUT2D eigenvalue weighted by atomic mass is 9.90. The molecule has 0 heterocycles. The molecule has 100 valence electrons. The highest BCUT2D eigenvalue weighted by molar-refractivity contribution is 5.60. The number of hydrogen-bond acceptors (Lipinski definition) is 4. The average Bonchev–Trinajstić information content (AvgIpc) is 2.20. The maximum absolute atomic E-state index is 11.5.